The summed E-state index contributed by atoms with van der Waals surface area (Å²) in [5.74, 6) is -0.824. The molecule has 2 aromatic rings. The predicted molar refractivity (Wildman–Crippen MR) is 138 cm³/mol. The van der Waals surface area contributed by atoms with E-state index < -0.39 is 28.5 Å². The molecule has 0 radical (unpaired) electrons. The molecule has 7 nitrogen and oxygen atoms in total. The van der Waals surface area contributed by atoms with Crippen LogP contribution in [0.1, 0.15) is 37.8 Å². The molecule has 0 heterocycles. The molecule has 186 valence electrons. The van der Waals surface area contributed by atoms with Crippen molar-refractivity contribution in [3.8, 4) is 0 Å². The van der Waals surface area contributed by atoms with E-state index in [1.54, 1.807) is 50.2 Å². The average molecular weight is 529 g/mol. The summed E-state index contributed by atoms with van der Waals surface area (Å²) in [7, 11) is -3.81. The maximum Gasteiger partial charge on any atom is 0.244 e. The summed E-state index contributed by atoms with van der Waals surface area (Å²) >= 11 is 12.2. The van der Waals surface area contributed by atoms with Gasteiger partial charge in [0.1, 0.15) is 12.6 Å². The monoisotopic (exact) mass is 527 g/mol. The van der Waals surface area contributed by atoms with Gasteiger partial charge < -0.3 is 10.2 Å². The predicted octanol–water partition coefficient (Wildman–Crippen LogP) is 4.40. The Balaban J connectivity index is 2.35. The highest BCUT2D eigenvalue weighted by molar-refractivity contribution is 7.92. The number of aryl methyl sites for hydroxylation is 1. The normalized spacial score (nSPS) is 12.2. The van der Waals surface area contributed by atoms with Gasteiger partial charge in [-0.25, -0.2) is 8.42 Å². The van der Waals surface area contributed by atoms with Crippen molar-refractivity contribution >= 4 is 50.7 Å². The Morgan fingerprint density at radius 1 is 1.09 bits per heavy atom. The fraction of sp³-hybridized carbons (Fsp3) is 0.417. The van der Waals surface area contributed by atoms with Gasteiger partial charge in [0.2, 0.25) is 21.8 Å². The van der Waals surface area contributed by atoms with E-state index in [0.717, 1.165) is 34.5 Å². The molecule has 2 rings (SSSR count). The highest BCUT2D eigenvalue weighted by atomic mass is 35.5. The zero-order valence-electron chi connectivity index (χ0n) is 19.8. The molecule has 0 fully saturated rings. The first-order valence-corrected chi connectivity index (χ1v) is 13.6. The minimum atomic E-state index is -3.81. The van der Waals surface area contributed by atoms with Crippen molar-refractivity contribution in [3.63, 3.8) is 0 Å². The Labute approximate surface area is 212 Å². The van der Waals surface area contributed by atoms with Crippen LogP contribution in [0.2, 0.25) is 10.0 Å². The number of halogens is 2. The fourth-order valence-corrected chi connectivity index (χ4v) is 4.40. The summed E-state index contributed by atoms with van der Waals surface area (Å²) in [5.41, 5.74) is 1.82. The van der Waals surface area contributed by atoms with Crippen molar-refractivity contribution in [1.82, 2.24) is 10.2 Å². The lowest BCUT2D eigenvalue weighted by Crippen LogP contribution is -2.51. The van der Waals surface area contributed by atoms with E-state index in [2.05, 4.69) is 5.32 Å². The van der Waals surface area contributed by atoms with Crippen molar-refractivity contribution in [1.29, 1.82) is 0 Å². The molecule has 0 aliphatic rings. The van der Waals surface area contributed by atoms with E-state index in [9.17, 15) is 18.0 Å². The number of sulfonamides is 1. The Morgan fingerprint density at radius 3 is 2.29 bits per heavy atom. The van der Waals surface area contributed by atoms with Crippen LogP contribution in [0.5, 0.6) is 0 Å². The molecular weight excluding hydrogens is 497 g/mol. The van der Waals surface area contributed by atoms with Crippen LogP contribution in [0.3, 0.4) is 0 Å². The van der Waals surface area contributed by atoms with Gasteiger partial charge in [0.15, 0.2) is 0 Å². The molecule has 1 N–H and O–H groups in total. The highest BCUT2D eigenvalue weighted by Gasteiger charge is 2.30. The van der Waals surface area contributed by atoms with Crippen LogP contribution in [0.4, 0.5) is 5.69 Å². The molecule has 2 aromatic carbocycles. The number of anilines is 1. The van der Waals surface area contributed by atoms with E-state index >= 15 is 0 Å². The maximum absolute atomic E-state index is 13.5. The van der Waals surface area contributed by atoms with Gasteiger partial charge >= 0.3 is 0 Å². The third-order valence-electron chi connectivity index (χ3n) is 5.39. The van der Waals surface area contributed by atoms with Crippen LogP contribution in [-0.4, -0.2) is 50.5 Å². The van der Waals surface area contributed by atoms with Gasteiger partial charge in [-0.2, -0.15) is 0 Å². The Hall–Kier alpha value is -2.29. The third-order valence-corrected chi connectivity index (χ3v) is 7.19. The van der Waals surface area contributed by atoms with Crippen LogP contribution < -0.4 is 9.62 Å². The molecular formula is C24H31Cl2N3O4S. The van der Waals surface area contributed by atoms with Crippen molar-refractivity contribution in [2.75, 3.05) is 23.7 Å². The summed E-state index contributed by atoms with van der Waals surface area (Å²) in [4.78, 5) is 27.6. The number of carbonyl (C=O) groups is 2. The lowest BCUT2D eigenvalue weighted by molar-refractivity contribution is -0.139. The van der Waals surface area contributed by atoms with Crippen molar-refractivity contribution in [3.05, 3.63) is 63.6 Å². The number of unbranched alkanes of at least 4 members (excludes halogenated alkanes) is 1. The summed E-state index contributed by atoms with van der Waals surface area (Å²) in [6.45, 7) is 5.59. The van der Waals surface area contributed by atoms with Gasteiger partial charge in [0.05, 0.1) is 11.9 Å². The van der Waals surface area contributed by atoms with Gasteiger partial charge in [0, 0.05) is 23.1 Å². The number of amides is 2. The first-order valence-electron chi connectivity index (χ1n) is 11.0. The molecule has 0 aliphatic heterocycles. The van der Waals surface area contributed by atoms with E-state index in [-0.39, 0.29) is 18.1 Å². The topological polar surface area (TPSA) is 86.8 Å². The van der Waals surface area contributed by atoms with Crippen LogP contribution in [0.25, 0.3) is 0 Å². The second-order valence-corrected chi connectivity index (χ2v) is 10.9. The number of hydrogen-bond acceptors (Lipinski definition) is 4. The molecule has 0 aromatic heterocycles. The van der Waals surface area contributed by atoms with Gasteiger partial charge in [-0.05, 0) is 55.7 Å². The average Bonchev–Trinajstić information content (AvgIpc) is 2.77. The van der Waals surface area contributed by atoms with E-state index in [1.807, 2.05) is 6.92 Å². The Morgan fingerprint density at radius 2 is 1.74 bits per heavy atom. The van der Waals surface area contributed by atoms with Crippen LogP contribution >= 0.6 is 23.2 Å². The van der Waals surface area contributed by atoms with Crippen molar-refractivity contribution < 1.29 is 18.0 Å². The number of hydrogen-bond donors (Lipinski definition) is 1. The first kappa shape index (κ1) is 28.0. The summed E-state index contributed by atoms with van der Waals surface area (Å²) in [6.07, 6.45) is 2.77. The smallest absolute Gasteiger partial charge is 0.244 e. The van der Waals surface area contributed by atoms with E-state index in [0.29, 0.717) is 16.6 Å². The summed E-state index contributed by atoms with van der Waals surface area (Å²) in [6, 6.07) is 10.9. The molecule has 0 saturated carbocycles. The molecule has 0 aliphatic carbocycles. The number of carbonyl (C=O) groups excluding carboxylic acids is 2. The zero-order chi connectivity index (χ0) is 25.5. The van der Waals surface area contributed by atoms with Crippen molar-refractivity contribution in [2.45, 2.75) is 46.2 Å². The van der Waals surface area contributed by atoms with Crippen LogP contribution in [0, 0.1) is 6.92 Å². The first-order chi connectivity index (χ1) is 15.9. The molecule has 2 amide bonds. The fourth-order valence-electron chi connectivity index (χ4n) is 3.26. The van der Waals surface area contributed by atoms with Crippen molar-refractivity contribution in [2.24, 2.45) is 0 Å². The Bertz CT molecular complexity index is 1110. The van der Waals surface area contributed by atoms with Gasteiger partial charge in [0.25, 0.3) is 0 Å². The quantitative estimate of drug-likeness (QED) is 0.438. The van der Waals surface area contributed by atoms with Crippen LogP contribution in [-0.2, 0) is 26.2 Å². The minimum Gasteiger partial charge on any atom is -0.354 e. The summed E-state index contributed by atoms with van der Waals surface area (Å²) < 4.78 is 26.2. The number of rotatable bonds is 11. The standard InChI is InChI=1S/C24H31Cl2N3O4S/c1-5-6-13-27-24(31)18(3)28(15-19-8-10-20(25)11-9-19)23(30)16-29(34(4,32)33)21-12-7-17(2)22(26)14-21/h7-12,14,18H,5-6,13,15-16H2,1-4H3,(H,27,31)/t18-/m1/s1. The largest absolute Gasteiger partial charge is 0.354 e. The second-order valence-electron chi connectivity index (χ2n) is 8.17. The summed E-state index contributed by atoms with van der Waals surface area (Å²) in [5, 5.41) is 3.78. The number of nitrogens with one attached hydrogen (secondary N) is 1. The second kappa shape index (κ2) is 12.4. The number of benzene rings is 2. The number of nitrogens with zero attached hydrogens (tertiary/aromatic N) is 2. The molecule has 0 unspecified atom stereocenters. The SMILES string of the molecule is CCCCNC(=O)[C@@H](C)N(Cc1ccc(Cl)cc1)C(=O)CN(c1ccc(C)c(Cl)c1)S(C)(=O)=O. The van der Waals surface area contributed by atoms with Gasteiger partial charge in [-0.15, -0.1) is 0 Å². The minimum absolute atomic E-state index is 0.116. The third kappa shape index (κ3) is 7.89. The lowest BCUT2D eigenvalue weighted by Gasteiger charge is -2.31. The van der Waals surface area contributed by atoms with Crippen LogP contribution in [0.15, 0.2) is 42.5 Å². The lowest BCUT2D eigenvalue weighted by atomic mass is 10.1. The van der Waals surface area contributed by atoms with Gasteiger partial charge in [-0.1, -0.05) is 54.7 Å². The maximum atomic E-state index is 13.5. The highest BCUT2D eigenvalue weighted by Crippen LogP contribution is 2.25. The van der Waals surface area contributed by atoms with E-state index in [1.165, 1.54) is 11.0 Å². The molecule has 0 spiro atoms. The Kier molecular flexibility index (Phi) is 10.2. The van der Waals surface area contributed by atoms with E-state index in [4.69, 9.17) is 23.2 Å². The molecule has 0 saturated heterocycles. The zero-order valence-corrected chi connectivity index (χ0v) is 22.2. The molecule has 34 heavy (non-hydrogen) atoms. The molecule has 1 atom stereocenters. The molecule has 10 heteroatoms. The van der Waals surface area contributed by atoms with Gasteiger partial charge in [-0.3, -0.25) is 13.9 Å². The molecule has 0 bridgehead atoms.